The average molecular weight is 198 g/mol. The van der Waals surface area contributed by atoms with Crippen molar-refractivity contribution in [3.63, 3.8) is 0 Å². The third-order valence-electron chi connectivity index (χ3n) is 1.62. The van der Waals surface area contributed by atoms with Crippen LogP contribution in [0, 0.1) is 6.92 Å². The summed E-state index contributed by atoms with van der Waals surface area (Å²) in [6, 6.07) is 0.0716. The van der Waals surface area contributed by atoms with E-state index in [0.29, 0.717) is 12.4 Å². The monoisotopic (exact) mass is 198 g/mol. The Morgan fingerprint density at radius 3 is 2.93 bits per heavy atom. The second kappa shape index (κ2) is 4.71. The molecule has 0 aliphatic rings. The first kappa shape index (κ1) is 10.6. The van der Waals surface area contributed by atoms with Gasteiger partial charge < -0.3 is 15.6 Å². The molecule has 0 radical (unpaired) electrons. The topological polar surface area (TPSA) is 94.0 Å². The zero-order valence-electron chi connectivity index (χ0n) is 8.28. The molecule has 1 amide bonds. The summed E-state index contributed by atoms with van der Waals surface area (Å²) in [6.45, 7) is 4.03. The summed E-state index contributed by atoms with van der Waals surface area (Å²) in [4.78, 5) is 15.1. The van der Waals surface area contributed by atoms with Crippen molar-refractivity contribution in [2.45, 2.75) is 26.3 Å². The summed E-state index contributed by atoms with van der Waals surface area (Å²) in [5.41, 5.74) is 5.52. The number of carbonyl (C=O) groups excluding carboxylic acids is 1. The molecular formula is C8H14N4O2. The van der Waals surface area contributed by atoms with Gasteiger partial charge in [0.2, 0.25) is 5.89 Å². The quantitative estimate of drug-likeness (QED) is 0.701. The number of nitrogens with zero attached hydrogens (tertiary/aromatic N) is 2. The van der Waals surface area contributed by atoms with E-state index in [2.05, 4.69) is 20.0 Å². The number of aromatic nitrogens is 2. The minimum absolute atomic E-state index is 0.0622. The van der Waals surface area contributed by atoms with Crippen LogP contribution in [0.2, 0.25) is 0 Å². The zero-order chi connectivity index (χ0) is 10.6. The zero-order valence-corrected chi connectivity index (χ0v) is 8.28. The van der Waals surface area contributed by atoms with Gasteiger partial charge in [-0.3, -0.25) is 4.79 Å². The van der Waals surface area contributed by atoms with Crippen LogP contribution in [0.25, 0.3) is 0 Å². The van der Waals surface area contributed by atoms with Crippen molar-refractivity contribution in [2.24, 2.45) is 5.73 Å². The maximum atomic E-state index is 11.3. The smallest absolute Gasteiger partial charge is 0.292 e. The molecule has 0 aromatic carbocycles. The molecule has 1 heterocycles. The van der Waals surface area contributed by atoms with E-state index in [9.17, 15) is 4.79 Å². The van der Waals surface area contributed by atoms with E-state index in [0.717, 1.165) is 6.42 Å². The van der Waals surface area contributed by atoms with Gasteiger partial charge in [-0.1, -0.05) is 5.16 Å². The van der Waals surface area contributed by atoms with E-state index in [1.165, 1.54) is 0 Å². The van der Waals surface area contributed by atoms with Gasteiger partial charge in [-0.05, 0) is 13.3 Å². The molecule has 6 heteroatoms. The molecular weight excluding hydrogens is 184 g/mol. The fourth-order valence-corrected chi connectivity index (χ4v) is 0.884. The van der Waals surface area contributed by atoms with Crippen molar-refractivity contribution in [2.75, 3.05) is 6.54 Å². The highest BCUT2D eigenvalue weighted by Crippen LogP contribution is 1.94. The highest BCUT2D eigenvalue weighted by molar-refractivity contribution is 5.90. The number of amides is 1. The molecule has 3 N–H and O–H groups in total. The normalized spacial score (nSPS) is 12.5. The molecule has 0 saturated heterocycles. The van der Waals surface area contributed by atoms with Gasteiger partial charge in [0.1, 0.15) is 0 Å². The molecule has 1 unspecified atom stereocenters. The van der Waals surface area contributed by atoms with Crippen LogP contribution in [0.1, 0.15) is 29.9 Å². The van der Waals surface area contributed by atoms with Crippen LogP contribution < -0.4 is 11.1 Å². The number of hydrogen-bond donors (Lipinski definition) is 2. The second-order valence-electron chi connectivity index (χ2n) is 3.16. The Kier molecular flexibility index (Phi) is 3.58. The summed E-state index contributed by atoms with van der Waals surface area (Å²) in [6.07, 6.45) is 0.725. The molecule has 14 heavy (non-hydrogen) atoms. The first-order chi connectivity index (χ1) is 6.59. The Bertz CT molecular complexity index is 308. The number of carbonyl (C=O) groups is 1. The third-order valence-corrected chi connectivity index (χ3v) is 1.62. The van der Waals surface area contributed by atoms with Gasteiger partial charge in [0.15, 0.2) is 0 Å². The fraction of sp³-hybridized carbons (Fsp3) is 0.625. The van der Waals surface area contributed by atoms with Gasteiger partial charge in [0.05, 0.1) is 0 Å². The van der Waals surface area contributed by atoms with Crippen LogP contribution in [-0.2, 0) is 0 Å². The van der Waals surface area contributed by atoms with Crippen molar-refractivity contribution in [3.05, 3.63) is 11.7 Å². The highest BCUT2D eigenvalue weighted by Gasteiger charge is 2.11. The number of hydrogen-bond acceptors (Lipinski definition) is 5. The lowest BCUT2D eigenvalue weighted by Gasteiger charge is -2.04. The van der Waals surface area contributed by atoms with Gasteiger partial charge in [0, 0.05) is 19.5 Å². The summed E-state index contributed by atoms with van der Waals surface area (Å²) in [5, 5.41) is 6.12. The molecule has 1 atom stereocenters. The Balaban J connectivity index is 2.36. The van der Waals surface area contributed by atoms with Gasteiger partial charge in [-0.25, -0.2) is 0 Å². The highest BCUT2D eigenvalue weighted by atomic mass is 16.5. The summed E-state index contributed by atoms with van der Waals surface area (Å²) in [5.74, 6) is 0.108. The minimum atomic E-state index is -0.331. The van der Waals surface area contributed by atoms with Crippen molar-refractivity contribution in [1.82, 2.24) is 15.5 Å². The van der Waals surface area contributed by atoms with Gasteiger partial charge in [-0.2, -0.15) is 4.98 Å². The Morgan fingerprint density at radius 1 is 1.71 bits per heavy atom. The summed E-state index contributed by atoms with van der Waals surface area (Å²) < 4.78 is 4.67. The van der Waals surface area contributed by atoms with E-state index in [4.69, 9.17) is 5.73 Å². The van der Waals surface area contributed by atoms with E-state index in [-0.39, 0.29) is 17.8 Å². The third kappa shape index (κ3) is 3.14. The van der Waals surface area contributed by atoms with E-state index < -0.39 is 0 Å². The predicted molar refractivity (Wildman–Crippen MR) is 49.6 cm³/mol. The standard InChI is InChI=1S/C8H14N4O2/c1-5(9)3-4-10-8(13)7-11-6(2)14-12-7/h5H,3-4,9H2,1-2H3,(H,10,13). The maximum Gasteiger partial charge on any atom is 0.292 e. The summed E-state index contributed by atoms with van der Waals surface area (Å²) >= 11 is 0. The van der Waals surface area contributed by atoms with E-state index in [1.54, 1.807) is 6.92 Å². The van der Waals surface area contributed by atoms with E-state index >= 15 is 0 Å². The van der Waals surface area contributed by atoms with Crippen LogP contribution in [-0.4, -0.2) is 28.6 Å². The Labute approximate surface area is 81.9 Å². The number of nitrogens with one attached hydrogen (secondary N) is 1. The molecule has 0 bridgehead atoms. The Hall–Kier alpha value is -1.43. The lowest BCUT2D eigenvalue weighted by atomic mass is 10.2. The molecule has 0 fully saturated rings. The molecule has 6 nitrogen and oxygen atoms in total. The predicted octanol–water partition coefficient (Wildman–Crippen LogP) is -0.155. The number of aryl methyl sites for hydroxylation is 1. The van der Waals surface area contributed by atoms with Crippen LogP contribution in [0.4, 0.5) is 0 Å². The van der Waals surface area contributed by atoms with Crippen molar-refractivity contribution < 1.29 is 9.32 Å². The molecule has 1 aromatic heterocycles. The SMILES string of the molecule is Cc1nc(C(=O)NCCC(C)N)no1. The fourth-order valence-electron chi connectivity index (χ4n) is 0.884. The lowest BCUT2D eigenvalue weighted by Crippen LogP contribution is -2.29. The van der Waals surface area contributed by atoms with Gasteiger partial charge >= 0.3 is 0 Å². The average Bonchev–Trinajstić information content (AvgIpc) is 2.51. The minimum Gasteiger partial charge on any atom is -0.349 e. The van der Waals surface area contributed by atoms with Gasteiger partial charge in [0.25, 0.3) is 11.7 Å². The van der Waals surface area contributed by atoms with Crippen LogP contribution >= 0.6 is 0 Å². The molecule has 0 saturated carbocycles. The molecule has 1 rings (SSSR count). The molecule has 0 aliphatic heterocycles. The van der Waals surface area contributed by atoms with Crippen molar-refractivity contribution >= 4 is 5.91 Å². The first-order valence-corrected chi connectivity index (χ1v) is 4.43. The number of rotatable bonds is 4. The van der Waals surface area contributed by atoms with Crippen LogP contribution in [0.5, 0.6) is 0 Å². The van der Waals surface area contributed by atoms with Crippen LogP contribution in [0.3, 0.4) is 0 Å². The van der Waals surface area contributed by atoms with Crippen molar-refractivity contribution in [1.29, 1.82) is 0 Å². The largest absolute Gasteiger partial charge is 0.349 e. The maximum absolute atomic E-state index is 11.3. The number of nitrogens with two attached hydrogens (primary N) is 1. The Morgan fingerprint density at radius 2 is 2.43 bits per heavy atom. The van der Waals surface area contributed by atoms with Crippen molar-refractivity contribution in [3.8, 4) is 0 Å². The molecule has 1 aromatic rings. The molecule has 0 spiro atoms. The molecule has 0 aliphatic carbocycles. The summed E-state index contributed by atoms with van der Waals surface area (Å²) in [7, 11) is 0. The second-order valence-corrected chi connectivity index (χ2v) is 3.16. The van der Waals surface area contributed by atoms with E-state index in [1.807, 2.05) is 6.92 Å². The van der Waals surface area contributed by atoms with Gasteiger partial charge in [-0.15, -0.1) is 0 Å². The lowest BCUT2D eigenvalue weighted by molar-refractivity contribution is 0.0939. The molecule has 78 valence electrons. The first-order valence-electron chi connectivity index (χ1n) is 4.43. The van der Waals surface area contributed by atoms with Crippen LogP contribution in [0.15, 0.2) is 4.52 Å².